The van der Waals surface area contributed by atoms with E-state index in [1.165, 1.54) is 12.1 Å². The van der Waals surface area contributed by atoms with Crippen LogP contribution >= 0.6 is 23.2 Å². The highest BCUT2D eigenvalue weighted by molar-refractivity contribution is 6.32. The molecule has 3 aromatic rings. The molecule has 0 aliphatic carbocycles. The van der Waals surface area contributed by atoms with Crippen LogP contribution in [0.5, 0.6) is 0 Å². The zero-order valence-corrected chi connectivity index (χ0v) is 15.1. The monoisotopic (exact) mass is 429 g/mol. The first-order valence-corrected chi connectivity index (χ1v) is 8.24. The highest BCUT2D eigenvalue weighted by Crippen LogP contribution is 2.38. The van der Waals surface area contributed by atoms with Crippen molar-refractivity contribution in [2.75, 3.05) is 0 Å². The zero-order valence-electron chi connectivity index (χ0n) is 13.6. The van der Waals surface area contributed by atoms with Crippen molar-refractivity contribution in [3.8, 4) is 11.3 Å². The van der Waals surface area contributed by atoms with Crippen molar-refractivity contribution in [1.29, 1.82) is 0 Å². The quantitative estimate of drug-likeness (QED) is 0.334. The molecule has 0 radical (unpaired) electrons. The van der Waals surface area contributed by atoms with Gasteiger partial charge < -0.3 is 0 Å². The van der Waals surface area contributed by atoms with Gasteiger partial charge in [-0.3, -0.25) is 20.0 Å². The van der Waals surface area contributed by atoms with Crippen molar-refractivity contribution >= 4 is 34.7 Å². The topological polar surface area (TPSA) is 88.9 Å². The average molecular weight is 430 g/mol. The van der Waals surface area contributed by atoms with Gasteiger partial charge in [-0.2, -0.15) is 18.3 Å². The van der Waals surface area contributed by atoms with Crippen LogP contribution in [-0.4, -0.2) is 20.9 Å². The molecule has 0 spiro atoms. The standard InChI is InChI=1S/C17H8Cl2F3N3O3/c18-9-2-4-14(25(27)28)10(6-9)16(26)11-7-23-24-15(11)8-1-3-13(19)12(5-8)17(20,21)22/h1-7H,(H,23,24). The third-order valence-corrected chi connectivity index (χ3v) is 4.39. The van der Waals surface area contributed by atoms with E-state index in [0.29, 0.717) is 0 Å². The Morgan fingerprint density at radius 1 is 1.11 bits per heavy atom. The van der Waals surface area contributed by atoms with Crippen LogP contribution in [0.15, 0.2) is 42.6 Å². The summed E-state index contributed by atoms with van der Waals surface area (Å²) in [5, 5.41) is 17.0. The first-order chi connectivity index (χ1) is 13.1. The molecule has 28 heavy (non-hydrogen) atoms. The minimum Gasteiger partial charge on any atom is -0.288 e. The lowest BCUT2D eigenvalue weighted by atomic mass is 9.98. The van der Waals surface area contributed by atoms with E-state index in [1.807, 2.05) is 0 Å². The molecule has 0 aliphatic rings. The number of ketones is 1. The number of carbonyl (C=O) groups excluding carboxylic acids is 1. The lowest BCUT2D eigenvalue weighted by molar-refractivity contribution is -0.385. The molecular weight excluding hydrogens is 422 g/mol. The van der Waals surface area contributed by atoms with Crippen LogP contribution < -0.4 is 0 Å². The van der Waals surface area contributed by atoms with Crippen LogP contribution in [0.2, 0.25) is 10.0 Å². The molecule has 0 saturated carbocycles. The largest absolute Gasteiger partial charge is 0.417 e. The summed E-state index contributed by atoms with van der Waals surface area (Å²) < 4.78 is 39.3. The minimum atomic E-state index is -4.71. The average Bonchev–Trinajstić information content (AvgIpc) is 3.09. The Bertz CT molecular complexity index is 1100. The van der Waals surface area contributed by atoms with Crippen LogP contribution in [0.4, 0.5) is 18.9 Å². The highest BCUT2D eigenvalue weighted by Gasteiger charge is 2.34. The summed E-state index contributed by atoms with van der Waals surface area (Å²) in [6, 6.07) is 6.48. The Morgan fingerprint density at radius 2 is 1.82 bits per heavy atom. The molecular formula is C17H8Cl2F3N3O3. The van der Waals surface area contributed by atoms with E-state index < -0.39 is 33.2 Å². The summed E-state index contributed by atoms with van der Waals surface area (Å²) in [5.74, 6) is -0.818. The van der Waals surface area contributed by atoms with Crippen LogP contribution in [0.1, 0.15) is 21.5 Å². The number of rotatable bonds is 4. The molecule has 1 N–H and O–H groups in total. The van der Waals surface area contributed by atoms with Crippen molar-refractivity contribution in [1.82, 2.24) is 10.2 Å². The molecule has 1 heterocycles. The fourth-order valence-electron chi connectivity index (χ4n) is 2.57. The zero-order chi connectivity index (χ0) is 20.6. The van der Waals surface area contributed by atoms with Gasteiger partial charge in [0.15, 0.2) is 0 Å². The lowest BCUT2D eigenvalue weighted by Gasteiger charge is -2.11. The first kappa shape index (κ1) is 19.8. The van der Waals surface area contributed by atoms with Gasteiger partial charge >= 0.3 is 6.18 Å². The molecule has 0 bridgehead atoms. The molecule has 0 aliphatic heterocycles. The van der Waals surface area contributed by atoms with Gasteiger partial charge in [0.25, 0.3) is 5.69 Å². The van der Waals surface area contributed by atoms with Gasteiger partial charge in [0.05, 0.1) is 21.1 Å². The van der Waals surface area contributed by atoms with E-state index in [0.717, 1.165) is 30.5 Å². The molecule has 0 unspecified atom stereocenters. The Balaban J connectivity index is 2.13. The molecule has 1 aromatic heterocycles. The second-order valence-electron chi connectivity index (χ2n) is 5.59. The summed E-state index contributed by atoms with van der Waals surface area (Å²) in [7, 11) is 0. The van der Waals surface area contributed by atoms with Crippen molar-refractivity contribution in [3.05, 3.63) is 79.4 Å². The van der Waals surface area contributed by atoms with E-state index in [9.17, 15) is 28.1 Å². The van der Waals surface area contributed by atoms with Crippen LogP contribution in [-0.2, 0) is 6.18 Å². The first-order valence-electron chi connectivity index (χ1n) is 7.49. The van der Waals surface area contributed by atoms with E-state index in [-0.39, 0.29) is 27.4 Å². The number of nitrogens with one attached hydrogen (secondary N) is 1. The van der Waals surface area contributed by atoms with Crippen molar-refractivity contribution in [2.45, 2.75) is 6.18 Å². The Kier molecular flexibility index (Phi) is 5.14. The summed E-state index contributed by atoms with van der Waals surface area (Å²) in [6.07, 6.45) is -3.57. The number of benzene rings is 2. The van der Waals surface area contributed by atoms with Gasteiger partial charge in [0, 0.05) is 22.8 Å². The molecule has 0 fully saturated rings. The Labute approximate surface area is 165 Å². The summed E-state index contributed by atoms with van der Waals surface area (Å²) in [5.41, 5.74) is -2.20. The van der Waals surface area contributed by atoms with Gasteiger partial charge in [-0.1, -0.05) is 29.3 Å². The smallest absolute Gasteiger partial charge is 0.288 e. The third-order valence-electron chi connectivity index (χ3n) is 3.83. The highest BCUT2D eigenvalue weighted by atomic mass is 35.5. The van der Waals surface area contributed by atoms with Gasteiger partial charge in [-0.25, -0.2) is 0 Å². The number of H-pyrrole nitrogens is 1. The van der Waals surface area contributed by atoms with E-state index in [1.54, 1.807) is 0 Å². The van der Waals surface area contributed by atoms with E-state index in [2.05, 4.69) is 10.2 Å². The predicted molar refractivity (Wildman–Crippen MR) is 95.6 cm³/mol. The normalized spacial score (nSPS) is 11.5. The summed E-state index contributed by atoms with van der Waals surface area (Å²) >= 11 is 11.4. The number of aromatic nitrogens is 2. The maximum Gasteiger partial charge on any atom is 0.417 e. The van der Waals surface area contributed by atoms with Crippen molar-refractivity contribution in [2.24, 2.45) is 0 Å². The maximum atomic E-state index is 13.1. The van der Waals surface area contributed by atoms with Gasteiger partial charge in [0.1, 0.15) is 11.3 Å². The summed E-state index contributed by atoms with van der Waals surface area (Å²) in [6.45, 7) is 0. The Hall–Kier alpha value is -2.91. The third kappa shape index (κ3) is 3.71. The van der Waals surface area contributed by atoms with Gasteiger partial charge in [0.2, 0.25) is 5.78 Å². The number of carbonyl (C=O) groups is 1. The minimum absolute atomic E-state index is 0.0361. The van der Waals surface area contributed by atoms with Gasteiger partial charge in [-0.05, 0) is 24.3 Å². The molecule has 3 rings (SSSR count). The number of halogens is 5. The molecule has 144 valence electrons. The molecule has 2 aromatic carbocycles. The van der Waals surface area contributed by atoms with Crippen molar-refractivity contribution in [3.63, 3.8) is 0 Å². The molecule has 6 nitrogen and oxygen atoms in total. The number of hydrogen-bond acceptors (Lipinski definition) is 4. The number of aromatic amines is 1. The number of nitro groups is 1. The number of nitrogens with zero attached hydrogens (tertiary/aromatic N) is 2. The number of alkyl halides is 3. The molecule has 0 atom stereocenters. The predicted octanol–water partition coefficient (Wildman–Crippen LogP) is 5.54. The number of hydrogen-bond donors (Lipinski definition) is 1. The maximum absolute atomic E-state index is 13.1. The number of nitro benzene ring substituents is 1. The lowest BCUT2D eigenvalue weighted by Crippen LogP contribution is -2.08. The fraction of sp³-hybridized carbons (Fsp3) is 0.0588. The second-order valence-corrected chi connectivity index (χ2v) is 6.43. The fourth-order valence-corrected chi connectivity index (χ4v) is 2.96. The molecule has 11 heteroatoms. The Morgan fingerprint density at radius 3 is 2.46 bits per heavy atom. The molecule has 0 saturated heterocycles. The van der Waals surface area contributed by atoms with Gasteiger partial charge in [-0.15, -0.1) is 0 Å². The van der Waals surface area contributed by atoms with E-state index in [4.69, 9.17) is 23.2 Å². The van der Waals surface area contributed by atoms with Crippen molar-refractivity contribution < 1.29 is 22.9 Å². The van der Waals surface area contributed by atoms with E-state index >= 15 is 0 Å². The van der Waals surface area contributed by atoms with Crippen LogP contribution in [0, 0.1) is 10.1 Å². The van der Waals surface area contributed by atoms with Crippen LogP contribution in [0.25, 0.3) is 11.3 Å². The SMILES string of the molecule is O=C(c1cc(Cl)ccc1[N+](=O)[O-])c1c[nH]nc1-c1ccc(Cl)c(C(F)(F)F)c1. The second kappa shape index (κ2) is 7.25. The van der Waals surface area contributed by atoms with Crippen LogP contribution in [0.3, 0.4) is 0 Å². The summed E-state index contributed by atoms with van der Waals surface area (Å²) in [4.78, 5) is 23.3. The molecule has 0 amide bonds.